The number of aliphatic hydroxyl groups excluding tert-OH is 1. The summed E-state index contributed by atoms with van der Waals surface area (Å²) in [6, 6.07) is 7.57. The molecule has 5 N–H and O–H groups in total. The van der Waals surface area contributed by atoms with Crippen molar-refractivity contribution in [2.24, 2.45) is 0 Å². The third-order valence-electron chi connectivity index (χ3n) is 5.42. The van der Waals surface area contributed by atoms with Crippen LogP contribution in [0, 0.1) is 0 Å². The molecule has 1 aromatic heterocycles. The molecule has 0 bridgehead atoms. The van der Waals surface area contributed by atoms with Gasteiger partial charge in [-0.2, -0.15) is 15.0 Å². The molecule has 1 aliphatic rings. The number of likely N-dealkylation sites (N-methyl/N-ethyl adjacent to an activating group) is 1. The maximum absolute atomic E-state index is 12.2. The average molecular weight is 503 g/mol. The van der Waals surface area contributed by atoms with E-state index in [9.17, 15) is 4.79 Å². The maximum Gasteiger partial charge on any atom is 0.233 e. The van der Waals surface area contributed by atoms with E-state index in [-0.39, 0.29) is 18.9 Å². The lowest BCUT2D eigenvalue weighted by atomic mass is 10.1. The molecule has 1 aromatic carbocycles. The van der Waals surface area contributed by atoms with Crippen LogP contribution in [0.3, 0.4) is 0 Å². The van der Waals surface area contributed by atoms with Gasteiger partial charge in [-0.05, 0) is 37.6 Å². The molecule has 1 fully saturated rings. The van der Waals surface area contributed by atoms with Crippen LogP contribution in [0.4, 0.5) is 23.5 Å². The van der Waals surface area contributed by atoms with Gasteiger partial charge in [-0.15, -0.1) is 0 Å². The van der Waals surface area contributed by atoms with Crippen molar-refractivity contribution in [3.8, 4) is 0 Å². The highest BCUT2D eigenvalue weighted by atomic mass is 16.5. The largest absolute Gasteiger partial charge is 0.395 e. The molecule has 12 nitrogen and oxygen atoms in total. The van der Waals surface area contributed by atoms with Crippen LogP contribution in [0.2, 0.25) is 0 Å². The normalized spacial score (nSPS) is 13.1. The number of carbonyl (C=O) groups excluding carboxylic acids is 1. The van der Waals surface area contributed by atoms with Crippen molar-refractivity contribution in [2.75, 3.05) is 88.3 Å². The number of benzene rings is 1. The molecule has 2 aromatic rings. The van der Waals surface area contributed by atoms with Crippen LogP contribution in [-0.4, -0.2) is 98.8 Å². The van der Waals surface area contributed by atoms with E-state index in [2.05, 4.69) is 41.1 Å². The summed E-state index contributed by atoms with van der Waals surface area (Å²) in [4.78, 5) is 27.8. The molecule has 0 aliphatic carbocycles. The first-order chi connectivity index (χ1) is 17.7. The molecule has 36 heavy (non-hydrogen) atoms. The van der Waals surface area contributed by atoms with Gasteiger partial charge in [-0.3, -0.25) is 4.79 Å². The van der Waals surface area contributed by atoms with E-state index >= 15 is 0 Å². The van der Waals surface area contributed by atoms with Crippen LogP contribution in [-0.2, 0) is 20.7 Å². The molecule has 12 heteroatoms. The minimum atomic E-state index is -0.0584. The molecule has 1 saturated heterocycles. The van der Waals surface area contributed by atoms with Gasteiger partial charge in [0.2, 0.25) is 23.8 Å². The molecule has 3 rings (SSSR count). The molecular weight excluding hydrogens is 464 g/mol. The number of aliphatic hydroxyl groups is 1. The molecule has 0 saturated carbocycles. The highest BCUT2D eigenvalue weighted by Crippen LogP contribution is 2.21. The van der Waals surface area contributed by atoms with Crippen molar-refractivity contribution >= 4 is 29.4 Å². The molecule has 0 atom stereocenters. The highest BCUT2D eigenvalue weighted by Gasteiger charge is 2.17. The molecule has 2 heterocycles. The van der Waals surface area contributed by atoms with Crippen LogP contribution in [0.1, 0.15) is 18.4 Å². The van der Waals surface area contributed by atoms with Crippen LogP contribution in [0.5, 0.6) is 0 Å². The first-order valence-electron chi connectivity index (χ1n) is 12.5. The van der Waals surface area contributed by atoms with Gasteiger partial charge in [-0.25, -0.2) is 0 Å². The smallest absolute Gasteiger partial charge is 0.233 e. The predicted octanol–water partition coefficient (Wildman–Crippen LogP) is 0.531. The first kappa shape index (κ1) is 27.5. The first-order valence-corrected chi connectivity index (χ1v) is 12.5. The third-order valence-corrected chi connectivity index (χ3v) is 5.42. The second kappa shape index (κ2) is 15.8. The average Bonchev–Trinajstić information content (AvgIpc) is 3.43. The zero-order valence-electron chi connectivity index (χ0n) is 21.0. The van der Waals surface area contributed by atoms with Crippen molar-refractivity contribution < 1.29 is 19.4 Å². The minimum Gasteiger partial charge on any atom is -0.395 e. The molecular formula is C24H38N8O4. The fraction of sp³-hybridized carbons (Fsp3) is 0.583. The number of hydrogen-bond acceptors (Lipinski definition) is 11. The van der Waals surface area contributed by atoms with E-state index < -0.39 is 0 Å². The lowest BCUT2D eigenvalue weighted by molar-refractivity contribution is -0.120. The number of hydrogen-bond donors (Lipinski definition) is 5. The second-order valence-electron chi connectivity index (χ2n) is 8.30. The minimum absolute atomic E-state index is 0.0122. The lowest BCUT2D eigenvalue weighted by Crippen LogP contribution is -2.29. The van der Waals surface area contributed by atoms with Crippen molar-refractivity contribution in [3.63, 3.8) is 0 Å². The summed E-state index contributed by atoms with van der Waals surface area (Å²) in [6.07, 6.45) is 2.51. The SMILES string of the molecule is CNCCOCCOCCNC(=O)Cc1ccc(Nc2nc(NCCO)nc(N3CCCC3)n2)cc1. The zero-order valence-corrected chi connectivity index (χ0v) is 21.0. The van der Waals surface area contributed by atoms with E-state index in [0.29, 0.717) is 57.4 Å². The van der Waals surface area contributed by atoms with Gasteiger partial charge in [0.15, 0.2) is 0 Å². The van der Waals surface area contributed by atoms with Crippen molar-refractivity contribution in [3.05, 3.63) is 29.8 Å². The number of anilines is 4. The summed E-state index contributed by atoms with van der Waals surface area (Å²) in [7, 11) is 1.88. The zero-order chi connectivity index (χ0) is 25.4. The molecule has 1 amide bonds. The number of amides is 1. The van der Waals surface area contributed by atoms with Gasteiger partial charge in [0.25, 0.3) is 0 Å². The van der Waals surface area contributed by atoms with E-state index in [0.717, 1.165) is 43.7 Å². The number of ether oxygens (including phenoxy) is 2. The van der Waals surface area contributed by atoms with Gasteiger partial charge >= 0.3 is 0 Å². The maximum atomic E-state index is 12.2. The van der Waals surface area contributed by atoms with Crippen LogP contribution >= 0.6 is 0 Å². The number of rotatable bonds is 17. The monoisotopic (exact) mass is 502 g/mol. The Labute approximate surface area is 212 Å². The van der Waals surface area contributed by atoms with E-state index in [4.69, 9.17) is 14.6 Å². The topological polar surface area (TPSA) is 146 Å². The fourth-order valence-corrected chi connectivity index (χ4v) is 3.57. The van der Waals surface area contributed by atoms with Gasteiger partial charge in [0.1, 0.15) is 0 Å². The summed E-state index contributed by atoms with van der Waals surface area (Å²) in [5.74, 6) is 1.40. The predicted molar refractivity (Wildman–Crippen MR) is 139 cm³/mol. The Kier molecular flexibility index (Phi) is 12.1. The number of carbonyl (C=O) groups is 1. The lowest BCUT2D eigenvalue weighted by Gasteiger charge is -2.17. The van der Waals surface area contributed by atoms with Crippen LogP contribution < -0.4 is 26.2 Å². The fourth-order valence-electron chi connectivity index (χ4n) is 3.57. The quantitative estimate of drug-likeness (QED) is 0.193. The summed E-state index contributed by atoms with van der Waals surface area (Å²) >= 11 is 0. The summed E-state index contributed by atoms with van der Waals surface area (Å²) in [5.41, 5.74) is 1.70. The summed E-state index contributed by atoms with van der Waals surface area (Å²) < 4.78 is 10.8. The number of nitrogens with one attached hydrogen (secondary N) is 4. The van der Waals surface area contributed by atoms with Gasteiger partial charge in [-0.1, -0.05) is 12.1 Å². The van der Waals surface area contributed by atoms with Crippen molar-refractivity contribution in [1.82, 2.24) is 25.6 Å². The molecule has 0 radical (unpaired) electrons. The molecule has 0 unspecified atom stereocenters. The van der Waals surface area contributed by atoms with Gasteiger partial charge in [0, 0.05) is 38.4 Å². The third kappa shape index (κ3) is 9.90. The van der Waals surface area contributed by atoms with E-state index in [1.54, 1.807) is 0 Å². The van der Waals surface area contributed by atoms with Gasteiger partial charge in [0.05, 0.1) is 39.5 Å². The highest BCUT2D eigenvalue weighted by molar-refractivity contribution is 5.78. The number of aromatic nitrogens is 3. The van der Waals surface area contributed by atoms with Crippen LogP contribution in [0.25, 0.3) is 0 Å². The molecule has 0 spiro atoms. The standard InChI is InChI=1S/C24H38N8O4/c1-25-9-14-35-16-17-36-15-10-26-21(34)18-19-4-6-20(7-5-19)28-23-29-22(27-8-13-33)30-24(31-23)32-11-2-3-12-32/h4-7,25,33H,2-3,8-18H2,1H3,(H,26,34)(H2,27,28,29,30,31). The Balaban J connectivity index is 1.43. The Morgan fingerprint density at radius 1 is 0.944 bits per heavy atom. The van der Waals surface area contributed by atoms with Gasteiger partial charge < -0.3 is 40.7 Å². The number of nitrogens with zero attached hydrogens (tertiary/aromatic N) is 4. The summed E-state index contributed by atoms with van der Waals surface area (Å²) in [6.45, 7) is 5.60. The second-order valence-corrected chi connectivity index (χ2v) is 8.30. The van der Waals surface area contributed by atoms with Crippen molar-refractivity contribution in [1.29, 1.82) is 0 Å². The van der Waals surface area contributed by atoms with E-state index in [1.807, 2.05) is 31.3 Å². The Hall–Kier alpha value is -3.06. The Morgan fingerprint density at radius 3 is 2.33 bits per heavy atom. The summed E-state index contributed by atoms with van der Waals surface area (Å²) in [5, 5.41) is 21.2. The van der Waals surface area contributed by atoms with Crippen molar-refractivity contribution in [2.45, 2.75) is 19.3 Å². The molecule has 198 valence electrons. The van der Waals surface area contributed by atoms with Crippen LogP contribution in [0.15, 0.2) is 24.3 Å². The molecule has 1 aliphatic heterocycles. The Morgan fingerprint density at radius 2 is 1.64 bits per heavy atom. The van der Waals surface area contributed by atoms with E-state index in [1.165, 1.54) is 0 Å². The Bertz CT molecular complexity index is 909.